The first-order valence-corrected chi connectivity index (χ1v) is 12.9. The molecule has 0 saturated carbocycles. The maximum Gasteiger partial charge on any atom is 0.357 e. The summed E-state index contributed by atoms with van der Waals surface area (Å²) in [4.78, 5) is 40.4. The Morgan fingerprint density at radius 1 is 0.944 bits per heavy atom. The van der Waals surface area contributed by atoms with Gasteiger partial charge in [0.05, 0.1) is 11.5 Å². The lowest BCUT2D eigenvalue weighted by molar-refractivity contribution is -0.154. The van der Waals surface area contributed by atoms with E-state index in [2.05, 4.69) is 5.32 Å². The molecule has 0 aromatic heterocycles. The van der Waals surface area contributed by atoms with Crippen LogP contribution >= 0.6 is 23.4 Å². The monoisotopic (exact) mass is 518 g/mol. The smallest absolute Gasteiger partial charge is 0.357 e. The average molecular weight is 519 g/mol. The minimum Gasteiger partial charge on any atom is -0.448 e. The summed E-state index contributed by atoms with van der Waals surface area (Å²) in [7, 11) is 0. The second-order valence-corrected chi connectivity index (χ2v) is 10.0. The molecular weight excluding hydrogens is 496 g/mol. The van der Waals surface area contributed by atoms with Crippen molar-refractivity contribution >= 4 is 41.1 Å². The summed E-state index contributed by atoms with van der Waals surface area (Å²) in [5.74, 6) is -0.967. The maximum atomic E-state index is 13.4. The van der Waals surface area contributed by atoms with E-state index in [4.69, 9.17) is 16.3 Å². The molecule has 2 heterocycles. The lowest BCUT2D eigenvalue weighted by Crippen LogP contribution is -2.70. The second-order valence-electron chi connectivity index (χ2n) is 8.48. The Morgan fingerprint density at radius 2 is 1.50 bits per heavy atom. The van der Waals surface area contributed by atoms with Crippen molar-refractivity contribution in [1.29, 1.82) is 0 Å². The molecule has 36 heavy (non-hydrogen) atoms. The summed E-state index contributed by atoms with van der Waals surface area (Å²) in [6.07, 6.45) is -0.494. The molecule has 1 N–H and O–H groups in total. The number of β-lactam (4-membered cyclic amide) rings is 1. The Balaban J connectivity index is 1.32. The van der Waals surface area contributed by atoms with Gasteiger partial charge in [0.25, 0.3) is 5.91 Å². The van der Waals surface area contributed by atoms with Crippen LogP contribution in [0, 0.1) is 0 Å². The quantitative estimate of drug-likeness (QED) is 0.370. The lowest BCUT2D eigenvalue weighted by atomic mass is 10.0. The third kappa shape index (κ3) is 4.90. The van der Waals surface area contributed by atoms with Gasteiger partial charge in [0.1, 0.15) is 17.1 Å². The molecule has 2 atom stereocenters. The number of halogens is 1. The molecule has 5 rings (SSSR count). The largest absolute Gasteiger partial charge is 0.448 e. The van der Waals surface area contributed by atoms with E-state index < -0.39 is 23.5 Å². The molecule has 3 aromatic rings. The molecule has 3 aromatic carbocycles. The Labute approximate surface area is 218 Å². The average Bonchev–Trinajstić information content (AvgIpc) is 2.91. The zero-order valence-electron chi connectivity index (χ0n) is 19.2. The molecule has 182 valence electrons. The first-order chi connectivity index (χ1) is 17.5. The zero-order chi connectivity index (χ0) is 25.1. The number of hydrogen-bond acceptors (Lipinski definition) is 5. The van der Waals surface area contributed by atoms with Gasteiger partial charge in [-0.25, -0.2) is 4.79 Å². The number of esters is 1. The maximum absolute atomic E-state index is 13.4. The highest BCUT2D eigenvalue weighted by Crippen LogP contribution is 2.42. The van der Waals surface area contributed by atoms with Gasteiger partial charge in [0, 0.05) is 5.75 Å². The third-order valence-electron chi connectivity index (χ3n) is 6.07. The number of carbonyl (C=O) groups excluding carboxylic acids is 3. The molecule has 2 aliphatic heterocycles. The Hall–Kier alpha value is -3.55. The van der Waals surface area contributed by atoms with Crippen molar-refractivity contribution in [2.45, 2.75) is 23.9 Å². The van der Waals surface area contributed by atoms with E-state index >= 15 is 0 Å². The Bertz CT molecular complexity index is 1260. The highest BCUT2D eigenvalue weighted by Gasteiger charge is 2.54. The SMILES string of the molecule is O=C(Cc1ccccc1)N[C@@H]1C(=O)N2C(C(=O)OC(c3ccccc3)c3ccccc3)=C(Cl)CS[C@H]12. The van der Waals surface area contributed by atoms with Gasteiger partial charge in [0.15, 0.2) is 6.10 Å². The molecule has 0 spiro atoms. The van der Waals surface area contributed by atoms with Crippen LogP contribution in [0.5, 0.6) is 0 Å². The van der Waals surface area contributed by atoms with Gasteiger partial charge in [-0.15, -0.1) is 11.8 Å². The van der Waals surface area contributed by atoms with E-state index in [0.717, 1.165) is 16.7 Å². The van der Waals surface area contributed by atoms with Crippen molar-refractivity contribution in [3.63, 3.8) is 0 Å². The van der Waals surface area contributed by atoms with Crippen LogP contribution in [0.1, 0.15) is 22.8 Å². The van der Waals surface area contributed by atoms with Gasteiger partial charge >= 0.3 is 5.97 Å². The molecule has 2 aliphatic rings. The van der Waals surface area contributed by atoms with Crippen molar-refractivity contribution in [3.05, 3.63) is 118 Å². The van der Waals surface area contributed by atoms with Gasteiger partial charge in [-0.2, -0.15) is 0 Å². The fourth-order valence-electron chi connectivity index (χ4n) is 4.32. The van der Waals surface area contributed by atoms with E-state index in [1.54, 1.807) is 0 Å². The third-order valence-corrected chi connectivity index (χ3v) is 7.82. The predicted molar refractivity (Wildman–Crippen MR) is 139 cm³/mol. The number of ether oxygens (including phenoxy) is 1. The van der Waals surface area contributed by atoms with Crippen LogP contribution in [0.3, 0.4) is 0 Å². The standard InChI is InChI=1S/C28H23ClN2O4S/c29-21-17-36-27-23(30-22(32)16-18-10-4-1-5-11-18)26(33)31(27)24(21)28(34)35-25(19-12-6-2-7-13-19)20-14-8-3-9-15-20/h1-15,23,25,27H,16-17H2,(H,30,32)/t23-,27-/m1/s1. The van der Waals surface area contributed by atoms with Crippen molar-refractivity contribution in [2.24, 2.45) is 0 Å². The summed E-state index contributed by atoms with van der Waals surface area (Å²) in [5, 5.41) is 2.64. The summed E-state index contributed by atoms with van der Waals surface area (Å²) in [5.41, 5.74) is 2.50. The summed E-state index contributed by atoms with van der Waals surface area (Å²) < 4.78 is 5.96. The summed E-state index contributed by atoms with van der Waals surface area (Å²) in [6.45, 7) is 0. The number of hydrogen-bond donors (Lipinski definition) is 1. The van der Waals surface area contributed by atoms with Crippen molar-refractivity contribution in [1.82, 2.24) is 10.2 Å². The first-order valence-electron chi connectivity index (χ1n) is 11.5. The molecule has 0 radical (unpaired) electrons. The van der Waals surface area contributed by atoms with Gasteiger partial charge in [-0.1, -0.05) is 103 Å². The van der Waals surface area contributed by atoms with Crippen molar-refractivity contribution < 1.29 is 19.1 Å². The van der Waals surface area contributed by atoms with E-state index in [1.807, 2.05) is 91.0 Å². The Kier molecular flexibility index (Phi) is 7.11. The van der Waals surface area contributed by atoms with Gasteiger partial charge < -0.3 is 10.1 Å². The van der Waals surface area contributed by atoms with Gasteiger partial charge in [-0.3, -0.25) is 14.5 Å². The van der Waals surface area contributed by atoms with Crippen molar-refractivity contribution in [3.8, 4) is 0 Å². The van der Waals surface area contributed by atoms with Crippen LogP contribution < -0.4 is 5.32 Å². The van der Waals surface area contributed by atoms with Crippen LogP contribution in [-0.2, 0) is 25.5 Å². The molecule has 0 aliphatic carbocycles. The molecule has 8 heteroatoms. The highest BCUT2D eigenvalue weighted by molar-refractivity contribution is 8.00. The zero-order valence-corrected chi connectivity index (χ0v) is 20.7. The van der Waals surface area contributed by atoms with Crippen LogP contribution in [-0.4, -0.2) is 39.9 Å². The molecule has 0 bridgehead atoms. The molecule has 2 amide bonds. The number of rotatable bonds is 7. The fraction of sp³-hybridized carbons (Fsp3) is 0.179. The van der Waals surface area contributed by atoms with Crippen molar-refractivity contribution in [2.75, 3.05) is 5.75 Å². The first kappa shape index (κ1) is 24.2. The topological polar surface area (TPSA) is 75.7 Å². The highest BCUT2D eigenvalue weighted by atomic mass is 35.5. The van der Waals surface area contributed by atoms with Gasteiger partial charge in [0.2, 0.25) is 5.91 Å². The molecule has 1 fully saturated rings. The van der Waals surface area contributed by atoms with E-state index in [1.165, 1.54) is 16.7 Å². The predicted octanol–water partition coefficient (Wildman–Crippen LogP) is 4.41. The number of nitrogens with zero attached hydrogens (tertiary/aromatic N) is 1. The summed E-state index contributed by atoms with van der Waals surface area (Å²) >= 11 is 7.86. The number of carbonyl (C=O) groups is 3. The molecule has 6 nitrogen and oxygen atoms in total. The minimum absolute atomic E-state index is 0.0378. The van der Waals surface area contributed by atoms with E-state index in [0.29, 0.717) is 5.75 Å². The van der Waals surface area contributed by atoms with Crippen LogP contribution in [0.15, 0.2) is 102 Å². The summed E-state index contributed by atoms with van der Waals surface area (Å²) in [6, 6.07) is 27.4. The van der Waals surface area contributed by atoms with Crippen LogP contribution in [0.4, 0.5) is 0 Å². The fourth-order valence-corrected chi connectivity index (χ4v) is 5.87. The Morgan fingerprint density at radius 3 is 2.08 bits per heavy atom. The number of nitrogens with one attached hydrogen (secondary N) is 1. The van der Waals surface area contributed by atoms with Gasteiger partial charge in [-0.05, 0) is 16.7 Å². The number of amides is 2. The lowest BCUT2D eigenvalue weighted by Gasteiger charge is -2.49. The normalized spacial score (nSPS) is 18.9. The van der Waals surface area contributed by atoms with E-state index in [-0.39, 0.29) is 29.0 Å². The van der Waals surface area contributed by atoms with E-state index in [9.17, 15) is 14.4 Å². The molecule has 1 saturated heterocycles. The number of fused-ring (bicyclic) bond motifs is 1. The second kappa shape index (κ2) is 10.6. The van der Waals surface area contributed by atoms with Crippen LogP contribution in [0.2, 0.25) is 0 Å². The number of benzene rings is 3. The number of thioether (sulfide) groups is 1. The minimum atomic E-state index is -0.724. The van der Waals surface area contributed by atoms with Crippen LogP contribution in [0.25, 0.3) is 0 Å². The molecule has 0 unspecified atom stereocenters. The molecular formula is C28H23ClN2O4S.